The molecule has 1 fully saturated rings. The van der Waals surface area contributed by atoms with Crippen molar-refractivity contribution >= 4 is 39.3 Å². The first kappa shape index (κ1) is 14.5. The van der Waals surface area contributed by atoms with Gasteiger partial charge in [-0.3, -0.25) is 9.59 Å². The molecule has 1 aromatic rings. The third kappa shape index (κ3) is 2.32. The summed E-state index contributed by atoms with van der Waals surface area (Å²) in [7, 11) is 0. The van der Waals surface area contributed by atoms with E-state index in [1.54, 1.807) is 45.0 Å². The van der Waals surface area contributed by atoms with Gasteiger partial charge in [0.05, 0.1) is 0 Å². The highest BCUT2D eigenvalue weighted by atomic mass is 79.9. The van der Waals surface area contributed by atoms with Crippen LogP contribution in [0.25, 0.3) is 0 Å². The number of hydrogen-bond donors (Lipinski definition) is 0. The SMILES string of the molecule is CC1(C)C(=O)OC(c2ccc(Cl)cc2)C(C)(Br)C1=O. The molecule has 0 spiro atoms. The van der Waals surface area contributed by atoms with Crippen LogP contribution in [0.1, 0.15) is 32.4 Å². The minimum atomic E-state index is -1.14. The van der Waals surface area contributed by atoms with Gasteiger partial charge < -0.3 is 4.74 Å². The van der Waals surface area contributed by atoms with Crippen LogP contribution in [0.2, 0.25) is 5.02 Å². The minimum absolute atomic E-state index is 0.184. The van der Waals surface area contributed by atoms with Crippen molar-refractivity contribution in [2.75, 3.05) is 0 Å². The van der Waals surface area contributed by atoms with Gasteiger partial charge in [-0.2, -0.15) is 0 Å². The number of alkyl halides is 1. The van der Waals surface area contributed by atoms with Crippen LogP contribution in [0.5, 0.6) is 0 Å². The molecule has 2 unspecified atom stereocenters. The zero-order chi connectivity index (χ0) is 14.4. The molecule has 0 amide bonds. The van der Waals surface area contributed by atoms with Crippen molar-refractivity contribution in [1.82, 2.24) is 0 Å². The van der Waals surface area contributed by atoms with Crippen LogP contribution in [-0.2, 0) is 14.3 Å². The Labute approximate surface area is 125 Å². The van der Waals surface area contributed by atoms with Crippen LogP contribution in [0.15, 0.2) is 24.3 Å². The lowest BCUT2D eigenvalue weighted by atomic mass is 9.76. The summed E-state index contributed by atoms with van der Waals surface area (Å²) in [6, 6.07) is 6.92. The quantitative estimate of drug-likeness (QED) is 0.443. The fourth-order valence-electron chi connectivity index (χ4n) is 2.21. The molecule has 0 radical (unpaired) electrons. The lowest BCUT2D eigenvalue weighted by molar-refractivity contribution is -0.175. The normalized spacial score (nSPS) is 30.1. The summed E-state index contributed by atoms with van der Waals surface area (Å²) in [5, 5.41) is 0.591. The molecule has 2 rings (SSSR count). The molecule has 102 valence electrons. The van der Waals surface area contributed by atoms with E-state index in [4.69, 9.17) is 16.3 Å². The second-order valence-corrected chi connectivity index (χ2v) is 7.45. The molecule has 1 aliphatic rings. The predicted octanol–water partition coefficient (Wildman–Crippen LogP) is 3.69. The van der Waals surface area contributed by atoms with Crippen molar-refractivity contribution in [1.29, 1.82) is 0 Å². The first-order valence-electron chi connectivity index (χ1n) is 5.87. The number of benzene rings is 1. The molecular formula is C14H14BrClO3. The first-order chi connectivity index (χ1) is 8.67. The molecule has 2 atom stereocenters. The Morgan fingerprint density at radius 3 is 2.21 bits per heavy atom. The number of ether oxygens (including phenoxy) is 1. The Balaban J connectivity index is 2.45. The number of rotatable bonds is 1. The van der Waals surface area contributed by atoms with Crippen molar-refractivity contribution < 1.29 is 14.3 Å². The predicted molar refractivity (Wildman–Crippen MR) is 76.4 cm³/mol. The van der Waals surface area contributed by atoms with Crippen molar-refractivity contribution in [3.05, 3.63) is 34.9 Å². The Morgan fingerprint density at radius 1 is 1.16 bits per heavy atom. The Morgan fingerprint density at radius 2 is 1.68 bits per heavy atom. The Hall–Kier alpha value is -0.870. The zero-order valence-corrected chi connectivity index (χ0v) is 13.2. The second kappa shape index (κ2) is 4.60. The number of carbonyl (C=O) groups is 2. The maximum absolute atomic E-state index is 12.5. The summed E-state index contributed by atoms with van der Waals surface area (Å²) < 4.78 is 4.52. The molecule has 1 aliphatic heterocycles. The number of halogens is 2. The van der Waals surface area contributed by atoms with Crippen LogP contribution in [0.3, 0.4) is 0 Å². The summed E-state index contributed by atoms with van der Waals surface area (Å²) in [5.74, 6) is -0.689. The van der Waals surface area contributed by atoms with Gasteiger partial charge in [-0.1, -0.05) is 39.7 Å². The summed E-state index contributed by atoms with van der Waals surface area (Å²) in [5.41, 5.74) is -0.401. The molecule has 19 heavy (non-hydrogen) atoms. The molecule has 1 heterocycles. The van der Waals surface area contributed by atoms with Crippen molar-refractivity contribution in [3.63, 3.8) is 0 Å². The largest absolute Gasteiger partial charge is 0.455 e. The van der Waals surface area contributed by atoms with E-state index in [0.717, 1.165) is 5.56 Å². The second-order valence-electron chi connectivity index (χ2n) is 5.37. The number of carbonyl (C=O) groups excluding carboxylic acids is 2. The highest BCUT2D eigenvalue weighted by Crippen LogP contribution is 2.47. The van der Waals surface area contributed by atoms with Gasteiger partial charge in [-0.15, -0.1) is 0 Å². The molecule has 5 heteroatoms. The highest BCUT2D eigenvalue weighted by Gasteiger charge is 2.57. The first-order valence-corrected chi connectivity index (χ1v) is 7.05. The van der Waals surface area contributed by atoms with Crippen molar-refractivity contribution in [2.45, 2.75) is 31.2 Å². The maximum Gasteiger partial charge on any atom is 0.319 e. The minimum Gasteiger partial charge on any atom is -0.455 e. The zero-order valence-electron chi connectivity index (χ0n) is 10.9. The molecule has 0 saturated carbocycles. The molecule has 1 saturated heterocycles. The molecule has 3 nitrogen and oxygen atoms in total. The molecule has 0 bridgehead atoms. The summed E-state index contributed by atoms with van der Waals surface area (Å²) in [6.07, 6.45) is -0.655. The van der Waals surface area contributed by atoms with E-state index in [1.807, 2.05) is 0 Å². The van der Waals surface area contributed by atoms with Crippen LogP contribution in [0.4, 0.5) is 0 Å². The molecule has 0 N–H and O–H groups in total. The molecule has 0 aromatic heterocycles. The lowest BCUT2D eigenvalue weighted by Crippen LogP contribution is -2.54. The molecular weight excluding hydrogens is 332 g/mol. The average molecular weight is 346 g/mol. The lowest BCUT2D eigenvalue weighted by Gasteiger charge is -2.41. The molecule has 0 aliphatic carbocycles. The number of hydrogen-bond acceptors (Lipinski definition) is 3. The van der Waals surface area contributed by atoms with Gasteiger partial charge in [0.1, 0.15) is 15.8 Å². The van der Waals surface area contributed by atoms with Gasteiger partial charge >= 0.3 is 5.97 Å². The van der Waals surface area contributed by atoms with Gasteiger partial charge in [-0.25, -0.2) is 0 Å². The third-order valence-electron chi connectivity index (χ3n) is 3.41. The van der Waals surface area contributed by atoms with E-state index in [1.165, 1.54) is 0 Å². The summed E-state index contributed by atoms with van der Waals surface area (Å²) >= 11 is 9.26. The van der Waals surface area contributed by atoms with E-state index in [2.05, 4.69) is 15.9 Å². The fraction of sp³-hybridized carbons (Fsp3) is 0.429. The van der Waals surface area contributed by atoms with E-state index in [-0.39, 0.29) is 5.78 Å². The van der Waals surface area contributed by atoms with Gasteiger partial charge in [0.15, 0.2) is 5.78 Å². The van der Waals surface area contributed by atoms with Gasteiger partial charge in [0.25, 0.3) is 0 Å². The number of esters is 1. The average Bonchev–Trinajstić information content (AvgIpc) is 2.34. The third-order valence-corrected chi connectivity index (χ3v) is 4.44. The van der Waals surface area contributed by atoms with Crippen molar-refractivity contribution in [3.8, 4) is 0 Å². The van der Waals surface area contributed by atoms with Crippen LogP contribution >= 0.6 is 27.5 Å². The summed E-state index contributed by atoms with van der Waals surface area (Å²) in [4.78, 5) is 24.4. The Kier molecular flexibility index (Phi) is 3.52. The monoisotopic (exact) mass is 344 g/mol. The fourth-order valence-corrected chi connectivity index (χ4v) is 3.19. The smallest absolute Gasteiger partial charge is 0.319 e. The van der Waals surface area contributed by atoms with Crippen LogP contribution < -0.4 is 0 Å². The van der Waals surface area contributed by atoms with E-state index in [9.17, 15) is 9.59 Å². The highest BCUT2D eigenvalue weighted by molar-refractivity contribution is 9.10. The Bertz CT molecular complexity index is 534. The number of cyclic esters (lactones) is 1. The maximum atomic E-state index is 12.5. The summed E-state index contributed by atoms with van der Waals surface area (Å²) in [6.45, 7) is 4.88. The van der Waals surface area contributed by atoms with Crippen LogP contribution in [-0.4, -0.2) is 16.1 Å². The van der Waals surface area contributed by atoms with E-state index < -0.39 is 21.8 Å². The standard InChI is InChI=1S/C14H14BrClO3/c1-13(2)11(17)14(3,15)10(19-12(13)18)8-4-6-9(16)7-5-8/h4-7,10H,1-3H3. The number of Topliss-reactive ketones (excluding diaryl/α,β-unsaturated/α-hetero) is 1. The van der Waals surface area contributed by atoms with Crippen LogP contribution in [0, 0.1) is 5.41 Å². The number of ketones is 1. The van der Waals surface area contributed by atoms with Crippen molar-refractivity contribution in [2.24, 2.45) is 5.41 Å². The molecule has 1 aromatic carbocycles. The van der Waals surface area contributed by atoms with Gasteiger partial charge in [-0.05, 0) is 38.5 Å². The van der Waals surface area contributed by atoms with E-state index >= 15 is 0 Å². The van der Waals surface area contributed by atoms with Gasteiger partial charge in [0, 0.05) is 5.02 Å². The topological polar surface area (TPSA) is 43.4 Å². The van der Waals surface area contributed by atoms with E-state index in [0.29, 0.717) is 5.02 Å². The van der Waals surface area contributed by atoms with Gasteiger partial charge in [0.2, 0.25) is 0 Å².